The number of rotatable bonds is 9. The Morgan fingerprint density at radius 2 is 2.07 bits per heavy atom. The van der Waals surface area contributed by atoms with Crippen LogP contribution in [0.3, 0.4) is 0 Å². The van der Waals surface area contributed by atoms with E-state index in [1.807, 2.05) is 5.48 Å². The molecule has 0 unspecified atom stereocenters. The highest BCUT2D eigenvalue weighted by Crippen LogP contribution is 1.98. The Hall–Kier alpha value is -0.820. The van der Waals surface area contributed by atoms with Gasteiger partial charge >= 0.3 is 0 Å². The molecule has 0 rings (SSSR count). The molecule has 7 N–H and O–H groups in total. The SMILES string of the molecule is N/C(=C\N(N)CCCCCO)CCNO. The zero-order valence-electron chi connectivity index (χ0n) is 9.02. The van der Waals surface area contributed by atoms with Gasteiger partial charge in [0, 0.05) is 38.0 Å². The number of hydrogen-bond acceptors (Lipinski definition) is 6. The summed E-state index contributed by atoms with van der Waals surface area (Å²) >= 11 is 0. The Bertz CT molecular complexity index is 175. The second kappa shape index (κ2) is 9.72. The minimum Gasteiger partial charge on any atom is -0.401 e. The van der Waals surface area contributed by atoms with E-state index in [0.717, 1.165) is 19.3 Å². The zero-order valence-corrected chi connectivity index (χ0v) is 9.02. The molecule has 0 bridgehead atoms. The lowest BCUT2D eigenvalue weighted by molar-refractivity contribution is 0.168. The van der Waals surface area contributed by atoms with Gasteiger partial charge in [0.2, 0.25) is 0 Å². The molecule has 0 saturated carbocycles. The smallest absolute Gasteiger partial charge is 0.0431 e. The molecule has 0 saturated heterocycles. The quantitative estimate of drug-likeness (QED) is 0.203. The fraction of sp³-hybridized carbons (Fsp3) is 0.778. The summed E-state index contributed by atoms with van der Waals surface area (Å²) in [4.78, 5) is 0. The first-order valence-corrected chi connectivity index (χ1v) is 5.16. The second-order valence-electron chi connectivity index (χ2n) is 3.38. The molecule has 0 aliphatic rings. The summed E-state index contributed by atoms with van der Waals surface area (Å²) in [7, 11) is 0. The number of nitrogens with zero attached hydrogens (tertiary/aromatic N) is 1. The fourth-order valence-corrected chi connectivity index (χ4v) is 1.13. The summed E-state index contributed by atoms with van der Waals surface area (Å²) in [5, 5.41) is 18.4. The molecule has 0 atom stereocenters. The van der Waals surface area contributed by atoms with E-state index < -0.39 is 0 Å². The van der Waals surface area contributed by atoms with Crippen LogP contribution in [0.25, 0.3) is 0 Å². The standard InChI is InChI=1S/C9H22N4O2/c10-9(4-5-12-15)8-13(11)6-2-1-3-7-14/h8,12,14-15H,1-7,10-11H2/b9-8-. The topological polar surface area (TPSA) is 108 Å². The third-order valence-electron chi connectivity index (χ3n) is 1.93. The summed E-state index contributed by atoms with van der Waals surface area (Å²) in [6, 6.07) is 0. The van der Waals surface area contributed by atoms with Crippen LogP contribution in [0.2, 0.25) is 0 Å². The average molecular weight is 218 g/mol. The number of aliphatic hydroxyl groups excluding tert-OH is 1. The molecule has 0 aromatic carbocycles. The maximum atomic E-state index is 8.57. The van der Waals surface area contributed by atoms with Crippen molar-refractivity contribution >= 4 is 0 Å². The molecular formula is C9H22N4O2. The van der Waals surface area contributed by atoms with Crippen LogP contribution in [0, 0.1) is 0 Å². The number of hydroxylamine groups is 1. The first kappa shape index (κ1) is 14.2. The molecule has 6 nitrogen and oxygen atoms in total. The van der Waals surface area contributed by atoms with E-state index in [9.17, 15) is 0 Å². The van der Waals surface area contributed by atoms with Gasteiger partial charge in [0.1, 0.15) is 0 Å². The van der Waals surface area contributed by atoms with Crippen LogP contribution in [0.1, 0.15) is 25.7 Å². The van der Waals surface area contributed by atoms with E-state index in [-0.39, 0.29) is 6.61 Å². The first-order chi connectivity index (χ1) is 7.20. The van der Waals surface area contributed by atoms with Crippen LogP contribution in [-0.2, 0) is 0 Å². The largest absolute Gasteiger partial charge is 0.401 e. The van der Waals surface area contributed by atoms with Crippen molar-refractivity contribution in [2.24, 2.45) is 11.6 Å². The maximum absolute atomic E-state index is 8.57. The van der Waals surface area contributed by atoms with Crippen LogP contribution in [0.5, 0.6) is 0 Å². The second-order valence-corrected chi connectivity index (χ2v) is 3.38. The van der Waals surface area contributed by atoms with Crippen molar-refractivity contribution in [1.82, 2.24) is 10.5 Å². The molecule has 15 heavy (non-hydrogen) atoms. The third kappa shape index (κ3) is 9.48. The van der Waals surface area contributed by atoms with E-state index in [4.69, 9.17) is 21.9 Å². The lowest BCUT2D eigenvalue weighted by atomic mass is 10.2. The van der Waals surface area contributed by atoms with Gasteiger partial charge in [0.25, 0.3) is 0 Å². The summed E-state index contributed by atoms with van der Waals surface area (Å²) in [5.74, 6) is 5.66. The number of hydrogen-bond donors (Lipinski definition) is 5. The average Bonchev–Trinajstić information content (AvgIpc) is 2.21. The number of aliphatic hydroxyl groups is 1. The van der Waals surface area contributed by atoms with Gasteiger partial charge in [-0.1, -0.05) is 0 Å². The predicted molar refractivity (Wildman–Crippen MR) is 58.5 cm³/mol. The predicted octanol–water partition coefficient (Wildman–Crippen LogP) is -0.506. The first-order valence-electron chi connectivity index (χ1n) is 5.16. The number of nitrogens with two attached hydrogens (primary N) is 2. The Kier molecular flexibility index (Phi) is 9.19. The van der Waals surface area contributed by atoms with Crippen molar-refractivity contribution in [2.45, 2.75) is 25.7 Å². The molecule has 0 heterocycles. The lowest BCUT2D eigenvalue weighted by Gasteiger charge is -2.14. The highest BCUT2D eigenvalue weighted by Gasteiger charge is 1.96. The van der Waals surface area contributed by atoms with Crippen LogP contribution in [0.15, 0.2) is 11.9 Å². The van der Waals surface area contributed by atoms with E-state index in [2.05, 4.69) is 0 Å². The van der Waals surface area contributed by atoms with Gasteiger partial charge in [0.05, 0.1) is 0 Å². The minimum atomic E-state index is 0.227. The molecule has 0 aliphatic heterocycles. The molecule has 0 fully saturated rings. The molecular weight excluding hydrogens is 196 g/mol. The van der Waals surface area contributed by atoms with Crippen LogP contribution in [0.4, 0.5) is 0 Å². The molecule has 0 aliphatic carbocycles. The van der Waals surface area contributed by atoms with Gasteiger partial charge in [-0.3, -0.25) is 0 Å². The van der Waals surface area contributed by atoms with Gasteiger partial charge in [-0.15, -0.1) is 0 Å². The van der Waals surface area contributed by atoms with Crippen LogP contribution < -0.4 is 17.1 Å². The number of unbranched alkanes of at least 4 members (excludes halogenated alkanes) is 2. The van der Waals surface area contributed by atoms with E-state index in [0.29, 0.717) is 25.2 Å². The zero-order chi connectivity index (χ0) is 11.5. The Labute approximate surface area is 90.5 Å². The van der Waals surface area contributed by atoms with Gasteiger partial charge in [0.15, 0.2) is 0 Å². The molecule has 90 valence electrons. The number of hydrazine groups is 1. The van der Waals surface area contributed by atoms with Crippen molar-refractivity contribution in [2.75, 3.05) is 19.7 Å². The monoisotopic (exact) mass is 218 g/mol. The summed E-state index contributed by atoms with van der Waals surface area (Å²) in [6.45, 7) is 1.36. The molecule has 0 amide bonds. The van der Waals surface area contributed by atoms with Crippen molar-refractivity contribution in [3.8, 4) is 0 Å². The molecule has 0 aromatic rings. The maximum Gasteiger partial charge on any atom is 0.0431 e. The van der Waals surface area contributed by atoms with Crippen molar-refractivity contribution in [1.29, 1.82) is 0 Å². The Morgan fingerprint density at radius 1 is 1.33 bits per heavy atom. The fourth-order valence-electron chi connectivity index (χ4n) is 1.13. The summed E-state index contributed by atoms with van der Waals surface area (Å²) in [5.41, 5.74) is 8.29. The molecule has 0 spiro atoms. The Balaban J connectivity index is 3.56. The van der Waals surface area contributed by atoms with E-state index >= 15 is 0 Å². The normalized spacial score (nSPS) is 11.8. The van der Waals surface area contributed by atoms with Gasteiger partial charge < -0.3 is 21.1 Å². The Morgan fingerprint density at radius 3 is 2.67 bits per heavy atom. The van der Waals surface area contributed by atoms with Crippen molar-refractivity contribution in [3.63, 3.8) is 0 Å². The van der Waals surface area contributed by atoms with Crippen molar-refractivity contribution in [3.05, 3.63) is 11.9 Å². The van der Waals surface area contributed by atoms with Crippen LogP contribution in [-0.4, -0.2) is 35.0 Å². The van der Waals surface area contributed by atoms with E-state index in [1.54, 1.807) is 6.20 Å². The van der Waals surface area contributed by atoms with E-state index in [1.165, 1.54) is 5.01 Å². The third-order valence-corrected chi connectivity index (χ3v) is 1.93. The van der Waals surface area contributed by atoms with Gasteiger partial charge in [-0.05, 0) is 19.3 Å². The lowest BCUT2D eigenvalue weighted by Crippen LogP contribution is -2.28. The van der Waals surface area contributed by atoms with Gasteiger partial charge in [-0.25, -0.2) is 11.3 Å². The molecule has 0 radical (unpaired) electrons. The van der Waals surface area contributed by atoms with Gasteiger partial charge in [-0.2, -0.15) is 0 Å². The minimum absolute atomic E-state index is 0.227. The van der Waals surface area contributed by atoms with Crippen LogP contribution >= 0.6 is 0 Å². The van der Waals surface area contributed by atoms with Crippen molar-refractivity contribution < 1.29 is 10.3 Å². The highest BCUT2D eigenvalue weighted by molar-refractivity contribution is 4.94. The summed E-state index contributed by atoms with van der Waals surface area (Å²) in [6.07, 6.45) is 4.91. The molecule has 0 aromatic heterocycles. The highest BCUT2D eigenvalue weighted by atomic mass is 16.5. The summed E-state index contributed by atoms with van der Waals surface area (Å²) < 4.78 is 0. The molecule has 6 heteroatoms. The number of nitrogens with one attached hydrogen (secondary N) is 1.